The Morgan fingerprint density at radius 1 is 1.35 bits per heavy atom. The maximum Gasteiger partial charge on any atom is 0.323 e. The summed E-state index contributed by atoms with van der Waals surface area (Å²) in [6.45, 7) is 2.49. The fraction of sp³-hybridized carbons (Fsp3) is 0.562. The molecule has 1 fully saturated rings. The lowest BCUT2D eigenvalue weighted by Gasteiger charge is -2.39. The summed E-state index contributed by atoms with van der Waals surface area (Å²) in [6, 6.07) is 0. The quantitative estimate of drug-likeness (QED) is 0.833. The van der Waals surface area contributed by atoms with Gasteiger partial charge in [0.1, 0.15) is 6.54 Å². The van der Waals surface area contributed by atoms with Gasteiger partial charge in [0.15, 0.2) is 5.82 Å². The van der Waals surface area contributed by atoms with E-state index in [2.05, 4.69) is 17.1 Å². The first-order valence-electron chi connectivity index (χ1n) is 7.85. The first-order valence-corrected chi connectivity index (χ1v) is 7.85. The Hall–Kier alpha value is -2.15. The number of anilines is 1. The van der Waals surface area contributed by atoms with Crippen molar-refractivity contribution in [3.05, 3.63) is 34.9 Å². The van der Waals surface area contributed by atoms with E-state index in [1.807, 2.05) is 4.90 Å². The topological polar surface area (TPSA) is 84.7 Å². The van der Waals surface area contributed by atoms with E-state index < -0.39 is 5.97 Å². The van der Waals surface area contributed by atoms with Gasteiger partial charge in [-0.05, 0) is 24.7 Å². The summed E-state index contributed by atoms with van der Waals surface area (Å²) in [5, 5.41) is 8.92. The van der Waals surface area contributed by atoms with Crippen LogP contribution in [0.3, 0.4) is 0 Å². The molecule has 0 aromatic carbocycles. The van der Waals surface area contributed by atoms with Crippen LogP contribution >= 0.6 is 0 Å². The van der Waals surface area contributed by atoms with Crippen LogP contribution in [0.4, 0.5) is 5.82 Å². The molecule has 1 spiro atoms. The average Bonchev–Trinajstić information content (AvgIpc) is 2.72. The van der Waals surface area contributed by atoms with Gasteiger partial charge < -0.3 is 14.7 Å². The molecule has 1 aromatic rings. The maximum absolute atomic E-state index is 12.5. The van der Waals surface area contributed by atoms with Crippen LogP contribution in [-0.2, 0) is 16.1 Å². The van der Waals surface area contributed by atoms with Crippen molar-refractivity contribution in [3.8, 4) is 0 Å². The maximum atomic E-state index is 12.5. The lowest BCUT2D eigenvalue weighted by Crippen LogP contribution is -2.43. The molecule has 124 valence electrons. The van der Waals surface area contributed by atoms with Gasteiger partial charge in [-0.25, -0.2) is 4.98 Å². The molecule has 2 aliphatic heterocycles. The molecule has 3 rings (SSSR count). The summed E-state index contributed by atoms with van der Waals surface area (Å²) < 4.78 is 6.67. The van der Waals surface area contributed by atoms with Crippen LogP contribution < -0.4 is 10.5 Å². The highest BCUT2D eigenvalue weighted by Crippen LogP contribution is 2.37. The number of hydrogen-bond acceptors (Lipinski definition) is 5. The minimum atomic E-state index is -1.04. The van der Waals surface area contributed by atoms with Gasteiger partial charge in [-0.3, -0.25) is 14.2 Å². The predicted molar refractivity (Wildman–Crippen MR) is 84.6 cm³/mol. The third kappa shape index (κ3) is 3.44. The van der Waals surface area contributed by atoms with Crippen LogP contribution in [0, 0.1) is 5.41 Å². The minimum Gasteiger partial charge on any atom is -0.480 e. The molecule has 7 heteroatoms. The summed E-state index contributed by atoms with van der Waals surface area (Å²) in [5.74, 6) is -0.716. The third-order valence-electron chi connectivity index (χ3n) is 4.62. The van der Waals surface area contributed by atoms with E-state index in [1.165, 1.54) is 17.0 Å². The summed E-state index contributed by atoms with van der Waals surface area (Å²) in [5.41, 5.74) is -0.250. The van der Waals surface area contributed by atoms with Gasteiger partial charge in [0.05, 0.1) is 0 Å². The minimum absolute atomic E-state index is 0.104. The second-order valence-electron chi connectivity index (χ2n) is 6.25. The van der Waals surface area contributed by atoms with Crippen molar-refractivity contribution < 1.29 is 14.6 Å². The Morgan fingerprint density at radius 2 is 2.13 bits per heavy atom. The van der Waals surface area contributed by atoms with E-state index in [-0.39, 0.29) is 17.5 Å². The third-order valence-corrected chi connectivity index (χ3v) is 4.62. The number of nitrogens with zero attached hydrogens (tertiary/aromatic N) is 3. The normalized spacial score (nSPS) is 20.4. The van der Waals surface area contributed by atoms with Gasteiger partial charge in [0.2, 0.25) is 0 Å². The first kappa shape index (κ1) is 15.7. The Kier molecular flexibility index (Phi) is 4.47. The number of carboxylic acids is 1. The molecular formula is C16H21N3O4. The Morgan fingerprint density at radius 3 is 2.87 bits per heavy atom. The van der Waals surface area contributed by atoms with Crippen LogP contribution in [0.15, 0.2) is 29.3 Å². The molecule has 0 radical (unpaired) electrons. The summed E-state index contributed by atoms with van der Waals surface area (Å²) in [4.78, 5) is 29.6. The van der Waals surface area contributed by atoms with Gasteiger partial charge in [-0.2, -0.15) is 0 Å². The summed E-state index contributed by atoms with van der Waals surface area (Å²) in [6.07, 6.45) is 10.0. The molecule has 0 saturated carbocycles. The smallest absolute Gasteiger partial charge is 0.323 e. The van der Waals surface area contributed by atoms with Gasteiger partial charge in [-0.1, -0.05) is 12.2 Å². The van der Waals surface area contributed by atoms with E-state index in [1.54, 1.807) is 0 Å². The number of allylic oxidation sites excluding steroid dienone is 1. The molecule has 0 unspecified atom stereocenters. The number of carboxylic acid groups (broad SMARTS) is 1. The highest BCUT2D eigenvalue weighted by atomic mass is 16.5. The van der Waals surface area contributed by atoms with Crippen LogP contribution in [0.2, 0.25) is 0 Å². The van der Waals surface area contributed by atoms with Crippen molar-refractivity contribution in [2.45, 2.75) is 25.8 Å². The average molecular weight is 319 g/mol. The van der Waals surface area contributed by atoms with Gasteiger partial charge in [0.25, 0.3) is 5.56 Å². The molecule has 3 heterocycles. The Balaban J connectivity index is 1.89. The second-order valence-corrected chi connectivity index (χ2v) is 6.25. The first-order chi connectivity index (χ1) is 11.1. The SMILES string of the molecule is O=C(O)Cn1ccnc(N2CC=CCC3(CCOCC3)C2)c1=O. The predicted octanol–water partition coefficient (Wildman–Crippen LogP) is 0.891. The zero-order valence-corrected chi connectivity index (χ0v) is 13.0. The molecular weight excluding hydrogens is 298 g/mol. The molecule has 0 atom stereocenters. The van der Waals surface area contributed by atoms with Crippen LogP contribution in [0.1, 0.15) is 19.3 Å². The molecule has 7 nitrogen and oxygen atoms in total. The summed E-state index contributed by atoms with van der Waals surface area (Å²) in [7, 11) is 0. The van der Waals surface area contributed by atoms with E-state index in [0.29, 0.717) is 12.4 Å². The van der Waals surface area contributed by atoms with E-state index in [4.69, 9.17) is 9.84 Å². The van der Waals surface area contributed by atoms with Crippen LogP contribution in [0.25, 0.3) is 0 Å². The molecule has 23 heavy (non-hydrogen) atoms. The van der Waals surface area contributed by atoms with E-state index in [0.717, 1.165) is 39.0 Å². The zero-order chi connectivity index (χ0) is 16.3. The molecule has 0 aliphatic carbocycles. The van der Waals surface area contributed by atoms with Crippen LogP contribution in [-0.4, -0.2) is 46.9 Å². The molecule has 0 amide bonds. The zero-order valence-electron chi connectivity index (χ0n) is 13.0. The van der Waals surface area contributed by atoms with Crippen molar-refractivity contribution >= 4 is 11.8 Å². The fourth-order valence-electron chi connectivity index (χ4n) is 3.32. The molecule has 1 saturated heterocycles. The van der Waals surface area contributed by atoms with Gasteiger partial charge in [0, 0.05) is 38.7 Å². The van der Waals surface area contributed by atoms with Crippen molar-refractivity contribution in [2.24, 2.45) is 5.41 Å². The summed E-state index contributed by atoms with van der Waals surface area (Å²) >= 11 is 0. The van der Waals surface area contributed by atoms with Crippen LogP contribution in [0.5, 0.6) is 0 Å². The Bertz CT molecular complexity index is 662. The number of carbonyl (C=O) groups is 1. The molecule has 0 bridgehead atoms. The van der Waals surface area contributed by atoms with Gasteiger partial charge in [-0.15, -0.1) is 0 Å². The number of hydrogen-bond donors (Lipinski definition) is 1. The number of ether oxygens (including phenoxy) is 1. The van der Waals surface area contributed by atoms with E-state index in [9.17, 15) is 9.59 Å². The Labute approximate surface area is 134 Å². The van der Waals surface area contributed by atoms with Crippen molar-refractivity contribution in [3.63, 3.8) is 0 Å². The highest BCUT2D eigenvalue weighted by molar-refractivity contribution is 5.66. The fourth-order valence-corrected chi connectivity index (χ4v) is 3.32. The largest absolute Gasteiger partial charge is 0.480 e. The number of aliphatic carboxylic acids is 1. The lowest BCUT2D eigenvalue weighted by atomic mass is 9.77. The van der Waals surface area contributed by atoms with Crippen molar-refractivity contribution in [1.29, 1.82) is 0 Å². The highest BCUT2D eigenvalue weighted by Gasteiger charge is 2.35. The van der Waals surface area contributed by atoms with E-state index >= 15 is 0 Å². The number of aromatic nitrogens is 2. The second kappa shape index (κ2) is 6.54. The lowest BCUT2D eigenvalue weighted by molar-refractivity contribution is -0.137. The van der Waals surface area contributed by atoms with Crippen molar-refractivity contribution in [1.82, 2.24) is 9.55 Å². The van der Waals surface area contributed by atoms with Crippen molar-refractivity contribution in [2.75, 3.05) is 31.2 Å². The molecule has 1 aromatic heterocycles. The van der Waals surface area contributed by atoms with Gasteiger partial charge >= 0.3 is 5.97 Å². The molecule has 2 aliphatic rings. The number of rotatable bonds is 3. The standard InChI is InChI=1S/C16H21N3O4/c20-13(21)11-18-8-6-17-14(15(18)22)19-7-2-1-3-16(12-19)4-9-23-10-5-16/h1-2,6,8H,3-5,7,9-12H2,(H,20,21). The monoisotopic (exact) mass is 319 g/mol. The molecule has 1 N–H and O–H groups in total.